The van der Waals surface area contributed by atoms with Crippen molar-refractivity contribution in [3.05, 3.63) is 53.9 Å². The molecule has 2 aromatic rings. The minimum Gasteiger partial charge on any atom is -0.396 e. The summed E-state index contributed by atoms with van der Waals surface area (Å²) in [6, 6.07) is 3.89. The van der Waals surface area contributed by atoms with Gasteiger partial charge in [0.2, 0.25) is 5.78 Å². The van der Waals surface area contributed by atoms with Crippen LogP contribution in [0.25, 0.3) is 0 Å². The molecular formula is C11H8FN3O. The lowest BCUT2D eigenvalue weighted by Crippen LogP contribution is -2.05. The highest BCUT2D eigenvalue weighted by molar-refractivity contribution is 6.07. The number of anilines is 1. The Balaban J connectivity index is 2.39. The first-order valence-electron chi connectivity index (χ1n) is 4.54. The first kappa shape index (κ1) is 10.2. The molecule has 0 fully saturated rings. The third kappa shape index (κ3) is 1.88. The SMILES string of the molecule is Nc1ccc(C(=O)c2cnccn2)cc1F. The number of ketones is 1. The van der Waals surface area contributed by atoms with Crippen LogP contribution in [0.2, 0.25) is 0 Å². The number of nitrogens with zero attached hydrogens (tertiary/aromatic N) is 2. The molecule has 0 aliphatic heterocycles. The van der Waals surface area contributed by atoms with Crippen molar-refractivity contribution in [3.63, 3.8) is 0 Å². The van der Waals surface area contributed by atoms with Crippen LogP contribution in [-0.4, -0.2) is 15.8 Å². The highest BCUT2D eigenvalue weighted by atomic mass is 19.1. The van der Waals surface area contributed by atoms with Gasteiger partial charge in [0, 0.05) is 18.0 Å². The van der Waals surface area contributed by atoms with E-state index in [0.717, 1.165) is 6.07 Å². The molecule has 5 heteroatoms. The molecule has 0 radical (unpaired) electrons. The Labute approximate surface area is 91.0 Å². The van der Waals surface area contributed by atoms with E-state index in [1.807, 2.05) is 0 Å². The van der Waals surface area contributed by atoms with Crippen LogP contribution in [0.3, 0.4) is 0 Å². The van der Waals surface area contributed by atoms with Gasteiger partial charge in [0.1, 0.15) is 11.5 Å². The third-order valence-corrected chi connectivity index (χ3v) is 2.06. The molecule has 0 saturated carbocycles. The summed E-state index contributed by atoms with van der Waals surface area (Å²) in [5.74, 6) is -0.998. The van der Waals surface area contributed by atoms with Crippen LogP contribution in [0.1, 0.15) is 16.1 Å². The first-order chi connectivity index (χ1) is 7.68. The van der Waals surface area contributed by atoms with Gasteiger partial charge in [-0.15, -0.1) is 0 Å². The minimum atomic E-state index is -0.616. The molecule has 2 rings (SSSR count). The van der Waals surface area contributed by atoms with Crippen molar-refractivity contribution in [1.82, 2.24) is 9.97 Å². The van der Waals surface area contributed by atoms with E-state index in [1.54, 1.807) is 0 Å². The van der Waals surface area contributed by atoms with Gasteiger partial charge in [-0.3, -0.25) is 9.78 Å². The molecule has 1 aromatic carbocycles. The number of carbonyl (C=O) groups is 1. The molecule has 0 bridgehead atoms. The maximum atomic E-state index is 13.1. The summed E-state index contributed by atoms with van der Waals surface area (Å²) in [6.07, 6.45) is 4.19. The number of benzene rings is 1. The number of carbonyl (C=O) groups excluding carboxylic acids is 1. The number of nitrogen functional groups attached to an aromatic ring is 1. The summed E-state index contributed by atoms with van der Waals surface area (Å²) in [7, 11) is 0. The van der Waals surface area contributed by atoms with E-state index in [4.69, 9.17) is 5.73 Å². The number of nitrogens with two attached hydrogens (primary N) is 1. The van der Waals surface area contributed by atoms with Gasteiger partial charge in [0.05, 0.1) is 11.9 Å². The molecular weight excluding hydrogens is 209 g/mol. The van der Waals surface area contributed by atoms with Gasteiger partial charge >= 0.3 is 0 Å². The molecule has 16 heavy (non-hydrogen) atoms. The number of halogens is 1. The molecule has 0 spiro atoms. The summed E-state index contributed by atoms with van der Waals surface area (Å²) in [6.45, 7) is 0. The van der Waals surface area contributed by atoms with E-state index in [0.29, 0.717) is 0 Å². The van der Waals surface area contributed by atoms with Crippen molar-refractivity contribution in [2.24, 2.45) is 0 Å². The van der Waals surface area contributed by atoms with E-state index in [2.05, 4.69) is 9.97 Å². The molecule has 0 atom stereocenters. The van der Waals surface area contributed by atoms with Crippen LogP contribution in [0.15, 0.2) is 36.8 Å². The monoisotopic (exact) mass is 217 g/mol. The molecule has 0 amide bonds. The summed E-state index contributed by atoms with van der Waals surface area (Å²) < 4.78 is 13.1. The van der Waals surface area contributed by atoms with Gasteiger partial charge in [0.25, 0.3) is 0 Å². The summed E-state index contributed by atoms with van der Waals surface area (Å²) >= 11 is 0. The van der Waals surface area contributed by atoms with Crippen molar-refractivity contribution in [1.29, 1.82) is 0 Å². The van der Waals surface area contributed by atoms with Crippen molar-refractivity contribution >= 4 is 11.5 Å². The third-order valence-electron chi connectivity index (χ3n) is 2.06. The first-order valence-corrected chi connectivity index (χ1v) is 4.54. The second-order valence-corrected chi connectivity index (χ2v) is 3.16. The van der Waals surface area contributed by atoms with Gasteiger partial charge in [0.15, 0.2) is 0 Å². The molecule has 0 aliphatic rings. The smallest absolute Gasteiger partial charge is 0.213 e. The Morgan fingerprint density at radius 3 is 2.75 bits per heavy atom. The Morgan fingerprint density at radius 2 is 2.12 bits per heavy atom. The van der Waals surface area contributed by atoms with Crippen LogP contribution in [0, 0.1) is 5.82 Å². The van der Waals surface area contributed by atoms with Crippen molar-refractivity contribution in [2.45, 2.75) is 0 Å². The lowest BCUT2D eigenvalue weighted by Gasteiger charge is -2.01. The van der Waals surface area contributed by atoms with E-state index in [9.17, 15) is 9.18 Å². The molecule has 80 valence electrons. The summed E-state index contributed by atoms with van der Waals surface area (Å²) in [5, 5.41) is 0. The Bertz CT molecular complexity index is 528. The molecule has 4 nitrogen and oxygen atoms in total. The Kier molecular flexibility index (Phi) is 2.59. The summed E-state index contributed by atoms with van der Waals surface area (Å²) in [4.78, 5) is 19.4. The van der Waals surface area contributed by atoms with Crippen molar-refractivity contribution in [2.75, 3.05) is 5.73 Å². The predicted molar refractivity (Wildman–Crippen MR) is 56.3 cm³/mol. The fourth-order valence-electron chi connectivity index (χ4n) is 1.23. The highest BCUT2D eigenvalue weighted by Crippen LogP contribution is 2.14. The second-order valence-electron chi connectivity index (χ2n) is 3.16. The highest BCUT2D eigenvalue weighted by Gasteiger charge is 2.12. The zero-order valence-corrected chi connectivity index (χ0v) is 8.22. The maximum Gasteiger partial charge on any atom is 0.213 e. The molecule has 2 N–H and O–H groups in total. The topological polar surface area (TPSA) is 68.9 Å². The van der Waals surface area contributed by atoms with Gasteiger partial charge in [-0.1, -0.05) is 0 Å². The molecule has 1 aromatic heterocycles. The molecule has 0 unspecified atom stereocenters. The van der Waals surface area contributed by atoms with E-state index in [1.165, 1.54) is 30.7 Å². The lowest BCUT2D eigenvalue weighted by atomic mass is 10.1. The molecule has 1 heterocycles. The van der Waals surface area contributed by atoms with Crippen molar-refractivity contribution < 1.29 is 9.18 Å². The number of hydrogen-bond donors (Lipinski definition) is 1. The number of aromatic nitrogens is 2. The fraction of sp³-hybridized carbons (Fsp3) is 0. The Morgan fingerprint density at radius 1 is 1.31 bits per heavy atom. The zero-order chi connectivity index (χ0) is 11.5. The fourth-order valence-corrected chi connectivity index (χ4v) is 1.23. The van der Waals surface area contributed by atoms with Crippen LogP contribution < -0.4 is 5.73 Å². The average molecular weight is 217 g/mol. The van der Waals surface area contributed by atoms with Gasteiger partial charge in [-0.05, 0) is 18.2 Å². The molecule has 0 aliphatic carbocycles. The standard InChI is InChI=1S/C11H8FN3O/c12-8-5-7(1-2-9(8)13)11(16)10-6-14-3-4-15-10/h1-6H,13H2. The van der Waals surface area contributed by atoms with E-state index in [-0.39, 0.29) is 22.7 Å². The van der Waals surface area contributed by atoms with Crippen LogP contribution in [-0.2, 0) is 0 Å². The average Bonchev–Trinajstić information content (AvgIpc) is 2.33. The predicted octanol–water partition coefficient (Wildman–Crippen LogP) is 1.43. The van der Waals surface area contributed by atoms with Crippen LogP contribution in [0.5, 0.6) is 0 Å². The van der Waals surface area contributed by atoms with Gasteiger partial charge < -0.3 is 5.73 Å². The van der Waals surface area contributed by atoms with Crippen molar-refractivity contribution in [3.8, 4) is 0 Å². The van der Waals surface area contributed by atoms with Gasteiger partial charge in [-0.2, -0.15) is 0 Å². The largest absolute Gasteiger partial charge is 0.396 e. The van der Waals surface area contributed by atoms with Crippen LogP contribution >= 0.6 is 0 Å². The quantitative estimate of drug-likeness (QED) is 0.610. The minimum absolute atomic E-state index is 0.00990. The zero-order valence-electron chi connectivity index (χ0n) is 8.22. The van der Waals surface area contributed by atoms with Gasteiger partial charge in [-0.25, -0.2) is 9.37 Å². The normalized spacial score (nSPS) is 10.1. The molecule has 0 saturated heterocycles. The van der Waals surface area contributed by atoms with E-state index >= 15 is 0 Å². The van der Waals surface area contributed by atoms with E-state index < -0.39 is 5.82 Å². The summed E-state index contributed by atoms with van der Waals surface area (Å²) in [5.41, 5.74) is 5.70. The Hall–Kier alpha value is -2.30. The lowest BCUT2D eigenvalue weighted by molar-refractivity contribution is 0.103. The number of rotatable bonds is 2. The maximum absolute atomic E-state index is 13.1. The number of hydrogen-bond acceptors (Lipinski definition) is 4. The van der Waals surface area contributed by atoms with Crippen LogP contribution in [0.4, 0.5) is 10.1 Å². The second kappa shape index (κ2) is 4.06.